The van der Waals surface area contributed by atoms with Crippen LogP contribution >= 0.6 is 0 Å². The van der Waals surface area contributed by atoms with Crippen molar-refractivity contribution in [3.63, 3.8) is 0 Å². The van der Waals surface area contributed by atoms with Crippen LogP contribution in [0.2, 0.25) is 0 Å². The van der Waals surface area contributed by atoms with Crippen molar-refractivity contribution in [1.82, 2.24) is 14.7 Å². The van der Waals surface area contributed by atoms with Gasteiger partial charge < -0.3 is 24.2 Å². The summed E-state index contributed by atoms with van der Waals surface area (Å²) in [4.78, 5) is 33.6. The molecule has 0 radical (unpaired) electrons. The summed E-state index contributed by atoms with van der Waals surface area (Å²) in [5.41, 5.74) is 0. The summed E-state index contributed by atoms with van der Waals surface area (Å²) in [6.07, 6.45) is 37.9. The minimum Gasteiger partial charge on any atom is -0.465 e. The molecule has 7 heteroatoms. The van der Waals surface area contributed by atoms with Gasteiger partial charge in [-0.15, -0.1) is 0 Å². The normalized spacial score (nSPS) is 14.0. The van der Waals surface area contributed by atoms with Crippen molar-refractivity contribution >= 4 is 11.9 Å². The summed E-state index contributed by atoms with van der Waals surface area (Å²) in [6.45, 7) is 18.0. The molecule has 0 unspecified atom stereocenters. The van der Waals surface area contributed by atoms with E-state index in [-0.39, 0.29) is 11.9 Å². The summed E-state index contributed by atoms with van der Waals surface area (Å²) in [7, 11) is 2.20. The van der Waals surface area contributed by atoms with Gasteiger partial charge in [0.25, 0.3) is 0 Å². The molecule has 57 heavy (non-hydrogen) atoms. The standard InChI is InChI=1S/C50H99N3O4/c1-6-10-14-18-22-26-31-47(32-27-23-19-15-11-7-2)45-56-49(54)35-39-52(37-30-38-53-43-41-51(5)42-44-53)40-36-50(55)57-46-48(33-28-24-20-16-12-8-3)34-29-25-21-17-13-9-4/h47-48H,6-46H2,1-5H3. The van der Waals surface area contributed by atoms with Crippen LogP contribution < -0.4 is 0 Å². The molecule has 1 aliphatic rings. The van der Waals surface area contributed by atoms with E-state index < -0.39 is 0 Å². The van der Waals surface area contributed by atoms with Gasteiger partial charge in [-0.1, -0.05) is 182 Å². The van der Waals surface area contributed by atoms with E-state index in [0.717, 1.165) is 45.7 Å². The van der Waals surface area contributed by atoms with Gasteiger partial charge in [-0.25, -0.2) is 0 Å². The highest BCUT2D eigenvalue weighted by atomic mass is 16.5. The second-order valence-corrected chi connectivity index (χ2v) is 18.2. The summed E-state index contributed by atoms with van der Waals surface area (Å²) in [5.74, 6) is 0.799. The third-order valence-corrected chi connectivity index (χ3v) is 12.6. The van der Waals surface area contributed by atoms with Crippen LogP contribution in [0.15, 0.2) is 0 Å². The SMILES string of the molecule is CCCCCCCCC(CCCCCCCC)COC(=O)CCN(CCCN1CCN(C)CC1)CCC(=O)OCC(CCCCCCCC)CCCCCCCC. The Labute approximate surface area is 355 Å². The number of piperazine rings is 1. The molecule has 1 heterocycles. The second-order valence-electron chi connectivity index (χ2n) is 18.2. The van der Waals surface area contributed by atoms with Crippen LogP contribution in [0, 0.1) is 11.8 Å². The molecule has 0 bridgehead atoms. The molecular formula is C50H99N3O4. The van der Waals surface area contributed by atoms with Gasteiger partial charge in [0.1, 0.15) is 0 Å². The van der Waals surface area contributed by atoms with Crippen LogP contribution in [0.1, 0.15) is 227 Å². The highest BCUT2D eigenvalue weighted by Crippen LogP contribution is 2.22. The monoisotopic (exact) mass is 806 g/mol. The molecule has 0 aliphatic carbocycles. The first-order valence-electron chi connectivity index (χ1n) is 25.4. The fourth-order valence-corrected chi connectivity index (χ4v) is 8.46. The predicted molar refractivity (Wildman–Crippen MR) is 245 cm³/mol. The number of carbonyl (C=O) groups excluding carboxylic acids is 2. The molecule has 0 amide bonds. The van der Waals surface area contributed by atoms with E-state index in [4.69, 9.17) is 9.47 Å². The topological polar surface area (TPSA) is 62.3 Å². The Balaban J connectivity index is 2.67. The lowest BCUT2D eigenvalue weighted by molar-refractivity contribution is -0.145. The Bertz CT molecular complexity index is 792. The first-order chi connectivity index (χ1) is 27.9. The quantitative estimate of drug-likeness (QED) is 0.0450. The van der Waals surface area contributed by atoms with Gasteiger partial charge in [-0.3, -0.25) is 9.59 Å². The molecule has 0 N–H and O–H groups in total. The van der Waals surface area contributed by atoms with Crippen molar-refractivity contribution in [3.05, 3.63) is 0 Å². The largest absolute Gasteiger partial charge is 0.465 e. The number of ether oxygens (including phenoxy) is 2. The lowest BCUT2D eigenvalue weighted by Gasteiger charge is -2.33. The molecule has 1 fully saturated rings. The van der Waals surface area contributed by atoms with Crippen LogP contribution in [0.3, 0.4) is 0 Å². The number of hydrogen-bond donors (Lipinski definition) is 0. The molecule has 0 aromatic carbocycles. The van der Waals surface area contributed by atoms with Crippen molar-refractivity contribution in [2.45, 2.75) is 227 Å². The predicted octanol–water partition coefficient (Wildman–Crippen LogP) is 13.0. The van der Waals surface area contributed by atoms with Crippen molar-refractivity contribution in [1.29, 1.82) is 0 Å². The Morgan fingerprint density at radius 2 is 0.789 bits per heavy atom. The maximum Gasteiger partial charge on any atom is 0.307 e. The first kappa shape index (κ1) is 53.8. The summed E-state index contributed by atoms with van der Waals surface area (Å²) < 4.78 is 12.0. The average molecular weight is 806 g/mol. The molecule has 0 aromatic rings. The van der Waals surface area contributed by atoms with Crippen LogP contribution in [0.25, 0.3) is 0 Å². The van der Waals surface area contributed by atoms with Gasteiger partial charge in [-0.2, -0.15) is 0 Å². The smallest absolute Gasteiger partial charge is 0.307 e. The van der Waals surface area contributed by atoms with Crippen LogP contribution in [0.5, 0.6) is 0 Å². The van der Waals surface area contributed by atoms with Gasteiger partial charge in [0.2, 0.25) is 0 Å². The van der Waals surface area contributed by atoms with Crippen molar-refractivity contribution < 1.29 is 19.1 Å². The lowest BCUT2D eigenvalue weighted by atomic mass is 9.94. The number of rotatable bonds is 42. The molecule has 1 saturated heterocycles. The van der Waals surface area contributed by atoms with E-state index in [1.807, 2.05) is 0 Å². The van der Waals surface area contributed by atoms with Gasteiger partial charge >= 0.3 is 11.9 Å². The Morgan fingerprint density at radius 3 is 1.14 bits per heavy atom. The third-order valence-electron chi connectivity index (χ3n) is 12.6. The van der Waals surface area contributed by atoms with Crippen LogP contribution in [0.4, 0.5) is 0 Å². The number of hydrogen-bond acceptors (Lipinski definition) is 7. The molecule has 0 atom stereocenters. The first-order valence-corrected chi connectivity index (χ1v) is 25.4. The maximum absolute atomic E-state index is 13.2. The van der Waals surface area contributed by atoms with E-state index in [1.54, 1.807) is 0 Å². The molecule has 338 valence electrons. The molecule has 1 rings (SSSR count). The summed E-state index contributed by atoms with van der Waals surface area (Å²) in [5, 5.41) is 0. The highest BCUT2D eigenvalue weighted by Gasteiger charge is 2.18. The van der Waals surface area contributed by atoms with Gasteiger partial charge in [0.05, 0.1) is 26.1 Å². The zero-order chi connectivity index (χ0) is 41.4. The zero-order valence-electron chi connectivity index (χ0n) is 39.1. The zero-order valence-corrected chi connectivity index (χ0v) is 39.1. The molecule has 0 spiro atoms. The van der Waals surface area contributed by atoms with Crippen molar-refractivity contribution in [2.75, 3.05) is 72.6 Å². The number of esters is 2. The Morgan fingerprint density at radius 1 is 0.456 bits per heavy atom. The van der Waals surface area contributed by atoms with E-state index in [2.05, 4.69) is 49.4 Å². The maximum atomic E-state index is 13.2. The Kier molecular flexibility index (Phi) is 38.0. The minimum atomic E-state index is -0.0789. The summed E-state index contributed by atoms with van der Waals surface area (Å²) >= 11 is 0. The molecule has 1 aliphatic heterocycles. The number of nitrogens with zero attached hydrogens (tertiary/aromatic N) is 3. The van der Waals surface area contributed by atoms with E-state index in [0.29, 0.717) is 51.0 Å². The molecule has 0 aromatic heterocycles. The number of carbonyl (C=O) groups is 2. The van der Waals surface area contributed by atoms with Crippen molar-refractivity contribution in [3.8, 4) is 0 Å². The van der Waals surface area contributed by atoms with Crippen molar-refractivity contribution in [2.24, 2.45) is 11.8 Å². The average Bonchev–Trinajstić information content (AvgIpc) is 3.21. The number of likely N-dealkylation sites (N-methyl/N-ethyl adjacent to an activating group) is 1. The third kappa shape index (κ3) is 34.3. The molecule has 7 nitrogen and oxygen atoms in total. The highest BCUT2D eigenvalue weighted by molar-refractivity contribution is 5.70. The molecular weight excluding hydrogens is 707 g/mol. The van der Waals surface area contributed by atoms with Crippen LogP contribution in [-0.4, -0.2) is 99.3 Å². The fraction of sp³-hybridized carbons (Fsp3) is 0.960. The van der Waals surface area contributed by atoms with E-state index in [1.165, 1.54) is 180 Å². The number of unbranched alkanes of at least 4 members (excludes halogenated alkanes) is 20. The van der Waals surface area contributed by atoms with E-state index >= 15 is 0 Å². The lowest BCUT2D eigenvalue weighted by Crippen LogP contribution is -2.45. The summed E-state index contributed by atoms with van der Waals surface area (Å²) in [6, 6.07) is 0. The van der Waals surface area contributed by atoms with Gasteiger partial charge in [0.15, 0.2) is 0 Å². The fourth-order valence-electron chi connectivity index (χ4n) is 8.46. The Hall–Kier alpha value is -1.18. The minimum absolute atomic E-state index is 0.0789. The van der Waals surface area contributed by atoms with Crippen LogP contribution in [-0.2, 0) is 19.1 Å². The second kappa shape index (κ2) is 40.2. The van der Waals surface area contributed by atoms with Gasteiger partial charge in [-0.05, 0) is 64.1 Å². The van der Waals surface area contributed by atoms with E-state index in [9.17, 15) is 9.59 Å². The molecule has 0 saturated carbocycles. The van der Waals surface area contributed by atoms with Gasteiger partial charge in [0, 0.05) is 39.3 Å².